The van der Waals surface area contributed by atoms with Crippen molar-refractivity contribution in [1.29, 1.82) is 0 Å². The first-order valence-corrected chi connectivity index (χ1v) is 10.9. The Bertz CT molecular complexity index is 1560. The monoisotopic (exact) mass is 488 g/mol. The summed E-state index contributed by atoms with van der Waals surface area (Å²) in [5, 5.41) is 6.56. The van der Waals surface area contributed by atoms with E-state index in [0.717, 1.165) is 28.6 Å². The van der Waals surface area contributed by atoms with E-state index in [1.165, 1.54) is 12.1 Å². The number of rotatable bonds is 5. The molecule has 0 fully saturated rings. The molecule has 3 heterocycles. The Morgan fingerprint density at radius 2 is 1.86 bits per heavy atom. The Labute approximate surface area is 203 Å². The Kier molecular flexibility index (Phi) is 5.85. The van der Waals surface area contributed by atoms with Crippen LogP contribution in [0.15, 0.2) is 79.3 Å². The molecule has 3 aromatic heterocycles. The Morgan fingerprint density at radius 3 is 2.64 bits per heavy atom. The number of aromatic amines is 1. The van der Waals surface area contributed by atoms with Gasteiger partial charge in [0.05, 0.1) is 10.9 Å². The molecule has 0 aliphatic heterocycles. The first-order valence-electron chi connectivity index (χ1n) is 10.9. The lowest BCUT2D eigenvalue weighted by atomic mass is 10.1. The van der Waals surface area contributed by atoms with Crippen LogP contribution in [0.25, 0.3) is 22.4 Å². The van der Waals surface area contributed by atoms with Crippen LogP contribution in [0.1, 0.15) is 21.5 Å². The van der Waals surface area contributed by atoms with Gasteiger partial charge in [-0.1, -0.05) is 12.1 Å². The zero-order chi connectivity index (χ0) is 25.3. The van der Waals surface area contributed by atoms with Gasteiger partial charge in [-0.2, -0.15) is 13.2 Å². The molecule has 7 nitrogen and oxygen atoms in total. The number of anilines is 3. The van der Waals surface area contributed by atoms with Crippen molar-refractivity contribution in [3.8, 4) is 11.4 Å². The highest BCUT2D eigenvalue weighted by Crippen LogP contribution is 2.31. The van der Waals surface area contributed by atoms with E-state index in [-0.39, 0.29) is 11.3 Å². The molecular formula is C26H19F3N6O. The van der Waals surface area contributed by atoms with Gasteiger partial charge in [0.2, 0.25) is 0 Å². The molecule has 3 N–H and O–H groups in total. The summed E-state index contributed by atoms with van der Waals surface area (Å²) >= 11 is 0. The van der Waals surface area contributed by atoms with Gasteiger partial charge in [-0.25, -0.2) is 9.97 Å². The molecular weight excluding hydrogens is 469 g/mol. The maximum absolute atomic E-state index is 13.0. The lowest BCUT2D eigenvalue weighted by Crippen LogP contribution is -2.13. The maximum atomic E-state index is 13.0. The third kappa shape index (κ3) is 4.74. The number of fused-ring (bicyclic) bond motifs is 1. The quantitative estimate of drug-likeness (QED) is 0.268. The number of halogens is 3. The lowest BCUT2D eigenvalue weighted by Gasteiger charge is -2.14. The predicted molar refractivity (Wildman–Crippen MR) is 131 cm³/mol. The van der Waals surface area contributed by atoms with E-state index in [2.05, 4.69) is 30.6 Å². The molecule has 0 aliphatic rings. The number of benzene rings is 2. The van der Waals surface area contributed by atoms with Crippen molar-refractivity contribution in [1.82, 2.24) is 19.9 Å². The molecule has 0 saturated heterocycles. The van der Waals surface area contributed by atoms with E-state index < -0.39 is 17.6 Å². The van der Waals surface area contributed by atoms with Gasteiger partial charge in [0.25, 0.3) is 5.91 Å². The Morgan fingerprint density at radius 1 is 1.00 bits per heavy atom. The van der Waals surface area contributed by atoms with Crippen molar-refractivity contribution in [3.63, 3.8) is 0 Å². The number of nitrogens with zero attached hydrogens (tertiary/aromatic N) is 3. The third-order valence-corrected chi connectivity index (χ3v) is 5.54. The first kappa shape index (κ1) is 23.0. The summed E-state index contributed by atoms with van der Waals surface area (Å²) in [6.45, 7) is 1.87. The summed E-state index contributed by atoms with van der Waals surface area (Å²) < 4.78 is 39.1. The molecule has 0 bridgehead atoms. The van der Waals surface area contributed by atoms with Crippen LogP contribution in [0, 0.1) is 6.92 Å². The molecule has 0 radical (unpaired) electrons. The van der Waals surface area contributed by atoms with Crippen molar-refractivity contribution in [2.24, 2.45) is 0 Å². The van der Waals surface area contributed by atoms with Crippen molar-refractivity contribution < 1.29 is 18.0 Å². The number of pyridine rings is 1. The number of carbonyl (C=O) groups excluding carboxylic acids is 1. The summed E-state index contributed by atoms with van der Waals surface area (Å²) in [5.74, 6) is 0.457. The Hall–Kier alpha value is -4.73. The van der Waals surface area contributed by atoms with Crippen molar-refractivity contribution in [3.05, 3.63) is 95.9 Å². The van der Waals surface area contributed by atoms with Gasteiger partial charge in [0.1, 0.15) is 11.5 Å². The fraction of sp³-hybridized carbons (Fsp3) is 0.0769. The number of hydrogen-bond acceptors (Lipinski definition) is 5. The number of aromatic nitrogens is 4. The molecule has 5 rings (SSSR count). The Balaban J connectivity index is 1.45. The van der Waals surface area contributed by atoms with Gasteiger partial charge in [-0.3, -0.25) is 9.78 Å². The van der Waals surface area contributed by atoms with E-state index in [1.54, 1.807) is 42.9 Å². The SMILES string of the molecule is Cc1ccc(C(=O)Nc2cccc(C(F)(F)F)c2)cc1Nc1nc(-c2cccnc2)nc2[nH]ccc12. The van der Waals surface area contributed by atoms with Gasteiger partial charge < -0.3 is 15.6 Å². The number of carbonyl (C=O) groups is 1. The highest BCUT2D eigenvalue weighted by atomic mass is 19.4. The standard InChI is InChI=1S/C26H19F3N6O/c1-15-7-8-16(25(36)32-19-6-2-5-18(13-19)26(27,28)29)12-21(15)33-24-20-9-11-31-23(20)34-22(35-24)17-4-3-10-30-14-17/h2-14H,1H3,(H,32,36)(H2,31,33,34,35). The normalized spacial score (nSPS) is 11.4. The molecule has 2 aromatic carbocycles. The highest BCUT2D eigenvalue weighted by molar-refractivity contribution is 6.05. The number of hydrogen-bond donors (Lipinski definition) is 3. The van der Waals surface area contributed by atoms with Gasteiger partial charge >= 0.3 is 6.18 Å². The lowest BCUT2D eigenvalue weighted by molar-refractivity contribution is -0.137. The summed E-state index contributed by atoms with van der Waals surface area (Å²) in [4.78, 5) is 29.3. The molecule has 0 atom stereocenters. The number of amides is 1. The van der Waals surface area contributed by atoms with Crippen LogP contribution in [0.4, 0.5) is 30.4 Å². The summed E-state index contributed by atoms with van der Waals surface area (Å²) in [6, 6.07) is 15.0. The van der Waals surface area contributed by atoms with Crippen molar-refractivity contribution in [2.75, 3.05) is 10.6 Å². The first-order chi connectivity index (χ1) is 17.3. The van der Waals surface area contributed by atoms with E-state index in [4.69, 9.17) is 0 Å². The topological polar surface area (TPSA) is 95.6 Å². The zero-order valence-electron chi connectivity index (χ0n) is 18.9. The summed E-state index contributed by atoms with van der Waals surface area (Å²) in [6.07, 6.45) is 0.577. The van der Waals surface area contributed by atoms with E-state index in [0.29, 0.717) is 23.0 Å². The van der Waals surface area contributed by atoms with Crippen LogP contribution in [0.5, 0.6) is 0 Å². The van der Waals surface area contributed by atoms with Gasteiger partial charge in [-0.15, -0.1) is 0 Å². The van der Waals surface area contributed by atoms with Crippen molar-refractivity contribution in [2.45, 2.75) is 13.1 Å². The molecule has 1 amide bonds. The van der Waals surface area contributed by atoms with Crippen LogP contribution >= 0.6 is 0 Å². The molecule has 10 heteroatoms. The molecule has 0 unspecified atom stereocenters. The minimum absolute atomic E-state index is 0.0517. The summed E-state index contributed by atoms with van der Waals surface area (Å²) in [5.41, 5.74) is 2.31. The fourth-order valence-electron chi connectivity index (χ4n) is 3.66. The zero-order valence-corrected chi connectivity index (χ0v) is 18.9. The average Bonchev–Trinajstić information content (AvgIpc) is 3.35. The van der Waals surface area contributed by atoms with Crippen LogP contribution in [-0.4, -0.2) is 25.8 Å². The van der Waals surface area contributed by atoms with Crippen LogP contribution in [0.3, 0.4) is 0 Å². The maximum Gasteiger partial charge on any atom is 0.416 e. The number of alkyl halides is 3. The minimum Gasteiger partial charge on any atom is -0.346 e. The molecule has 180 valence electrons. The van der Waals surface area contributed by atoms with Gasteiger partial charge in [0.15, 0.2) is 5.82 Å². The second-order valence-corrected chi connectivity index (χ2v) is 8.06. The van der Waals surface area contributed by atoms with Crippen LogP contribution < -0.4 is 10.6 Å². The van der Waals surface area contributed by atoms with Crippen molar-refractivity contribution >= 4 is 34.1 Å². The molecule has 0 spiro atoms. The second-order valence-electron chi connectivity index (χ2n) is 8.06. The van der Waals surface area contributed by atoms with E-state index >= 15 is 0 Å². The fourth-order valence-corrected chi connectivity index (χ4v) is 3.66. The molecule has 5 aromatic rings. The molecule has 36 heavy (non-hydrogen) atoms. The average molecular weight is 488 g/mol. The van der Waals surface area contributed by atoms with Gasteiger partial charge in [-0.05, 0) is 61.0 Å². The number of H-pyrrole nitrogens is 1. The number of nitrogens with one attached hydrogen (secondary N) is 3. The highest BCUT2D eigenvalue weighted by Gasteiger charge is 2.30. The third-order valence-electron chi connectivity index (χ3n) is 5.54. The van der Waals surface area contributed by atoms with Crippen LogP contribution in [-0.2, 0) is 6.18 Å². The molecule has 0 saturated carbocycles. The van der Waals surface area contributed by atoms with E-state index in [9.17, 15) is 18.0 Å². The second kappa shape index (κ2) is 9.14. The smallest absolute Gasteiger partial charge is 0.346 e. The minimum atomic E-state index is -4.50. The van der Waals surface area contributed by atoms with E-state index in [1.807, 2.05) is 19.1 Å². The largest absolute Gasteiger partial charge is 0.416 e. The van der Waals surface area contributed by atoms with Gasteiger partial charge in [0, 0.05) is 41.1 Å². The predicted octanol–water partition coefficient (Wildman–Crippen LogP) is 6.34. The number of aryl methyl sites for hydroxylation is 1. The summed E-state index contributed by atoms with van der Waals surface area (Å²) in [7, 11) is 0. The van der Waals surface area contributed by atoms with Crippen LogP contribution in [0.2, 0.25) is 0 Å². The molecule has 0 aliphatic carbocycles.